The zero-order valence-corrected chi connectivity index (χ0v) is 11.8. The SMILES string of the molecule is O=C(O)c1cc(S(=O)(=O)CCn2cccn2)ccc1Cl. The van der Waals surface area contributed by atoms with Gasteiger partial charge in [0.15, 0.2) is 9.84 Å². The number of sulfone groups is 1. The van der Waals surface area contributed by atoms with Gasteiger partial charge in [0.1, 0.15) is 0 Å². The average Bonchev–Trinajstić information content (AvgIpc) is 2.89. The zero-order valence-electron chi connectivity index (χ0n) is 10.2. The van der Waals surface area contributed by atoms with Crippen molar-refractivity contribution in [1.29, 1.82) is 0 Å². The largest absolute Gasteiger partial charge is 0.478 e. The third-order valence-corrected chi connectivity index (χ3v) is 4.70. The minimum absolute atomic E-state index is 0.00327. The van der Waals surface area contributed by atoms with E-state index in [9.17, 15) is 13.2 Å². The molecule has 0 radical (unpaired) electrons. The first kappa shape index (κ1) is 14.5. The molecule has 20 heavy (non-hydrogen) atoms. The molecule has 1 N–H and O–H groups in total. The van der Waals surface area contributed by atoms with E-state index in [2.05, 4.69) is 5.10 Å². The van der Waals surface area contributed by atoms with Crippen molar-refractivity contribution in [2.75, 3.05) is 5.75 Å². The number of benzene rings is 1. The van der Waals surface area contributed by atoms with Crippen molar-refractivity contribution in [3.05, 3.63) is 47.2 Å². The van der Waals surface area contributed by atoms with Gasteiger partial charge in [-0.2, -0.15) is 5.10 Å². The first-order valence-corrected chi connectivity index (χ1v) is 7.66. The Hall–Kier alpha value is -1.86. The normalized spacial score (nSPS) is 11.4. The summed E-state index contributed by atoms with van der Waals surface area (Å²) in [6, 6.07) is 5.33. The molecule has 0 aliphatic heterocycles. The molecule has 0 bridgehead atoms. The smallest absolute Gasteiger partial charge is 0.337 e. The molecule has 0 saturated carbocycles. The predicted octanol–water partition coefficient (Wildman–Crippen LogP) is 1.71. The Balaban J connectivity index is 2.25. The number of hydrogen-bond donors (Lipinski definition) is 1. The summed E-state index contributed by atoms with van der Waals surface area (Å²) in [5, 5.41) is 12.9. The monoisotopic (exact) mass is 314 g/mol. The summed E-state index contributed by atoms with van der Waals surface area (Å²) in [5.41, 5.74) is -0.230. The standard InChI is InChI=1S/C12H11ClN2O4S/c13-11-3-2-9(8-10(11)12(16)17)20(18,19)7-6-15-5-1-4-14-15/h1-5,8H,6-7H2,(H,16,17). The highest BCUT2D eigenvalue weighted by atomic mass is 35.5. The molecule has 0 saturated heterocycles. The lowest BCUT2D eigenvalue weighted by Gasteiger charge is -2.07. The van der Waals surface area contributed by atoms with Crippen LogP contribution < -0.4 is 0 Å². The van der Waals surface area contributed by atoms with E-state index in [1.807, 2.05) is 0 Å². The van der Waals surface area contributed by atoms with Crippen molar-refractivity contribution in [2.45, 2.75) is 11.4 Å². The second kappa shape index (κ2) is 5.64. The van der Waals surface area contributed by atoms with Crippen LogP contribution in [0.4, 0.5) is 0 Å². The van der Waals surface area contributed by atoms with Crippen LogP contribution in [0.1, 0.15) is 10.4 Å². The Kier molecular flexibility index (Phi) is 4.10. The van der Waals surface area contributed by atoms with Crippen molar-refractivity contribution in [3.8, 4) is 0 Å². The Morgan fingerprint density at radius 3 is 2.75 bits per heavy atom. The quantitative estimate of drug-likeness (QED) is 0.907. The molecular weight excluding hydrogens is 304 g/mol. The van der Waals surface area contributed by atoms with E-state index in [-0.39, 0.29) is 27.8 Å². The van der Waals surface area contributed by atoms with E-state index >= 15 is 0 Å². The number of aromatic nitrogens is 2. The van der Waals surface area contributed by atoms with Crippen molar-refractivity contribution < 1.29 is 18.3 Å². The van der Waals surface area contributed by atoms with Crippen molar-refractivity contribution in [3.63, 3.8) is 0 Å². The molecule has 106 valence electrons. The lowest BCUT2D eigenvalue weighted by atomic mass is 10.2. The first-order valence-electron chi connectivity index (χ1n) is 5.63. The predicted molar refractivity (Wildman–Crippen MR) is 72.7 cm³/mol. The number of carbonyl (C=O) groups is 1. The fraction of sp³-hybridized carbons (Fsp3) is 0.167. The van der Waals surface area contributed by atoms with E-state index < -0.39 is 15.8 Å². The second-order valence-electron chi connectivity index (χ2n) is 4.03. The lowest BCUT2D eigenvalue weighted by molar-refractivity contribution is 0.0697. The van der Waals surface area contributed by atoms with Gasteiger partial charge in [-0.1, -0.05) is 11.6 Å². The molecule has 0 unspecified atom stereocenters. The minimum Gasteiger partial charge on any atom is -0.478 e. The van der Waals surface area contributed by atoms with Crippen LogP contribution in [0.2, 0.25) is 5.02 Å². The van der Waals surface area contributed by atoms with Crippen LogP contribution in [0, 0.1) is 0 Å². The number of carboxylic acid groups (broad SMARTS) is 1. The topological polar surface area (TPSA) is 89.3 Å². The highest BCUT2D eigenvalue weighted by Gasteiger charge is 2.18. The Bertz CT molecular complexity index is 726. The zero-order chi connectivity index (χ0) is 14.8. The van der Waals surface area contributed by atoms with Gasteiger partial charge in [-0.25, -0.2) is 13.2 Å². The van der Waals surface area contributed by atoms with E-state index in [0.717, 1.165) is 6.07 Å². The lowest BCUT2D eigenvalue weighted by Crippen LogP contribution is -2.14. The molecular formula is C12H11ClN2O4S. The average molecular weight is 315 g/mol. The van der Waals surface area contributed by atoms with Crippen LogP contribution in [-0.2, 0) is 16.4 Å². The van der Waals surface area contributed by atoms with Gasteiger partial charge in [-0.15, -0.1) is 0 Å². The Morgan fingerprint density at radius 2 is 2.15 bits per heavy atom. The molecule has 0 spiro atoms. The van der Waals surface area contributed by atoms with Crippen LogP contribution >= 0.6 is 11.6 Å². The molecule has 0 fully saturated rings. The molecule has 1 aromatic heterocycles. The summed E-state index contributed by atoms with van der Waals surface area (Å²) in [7, 11) is -3.59. The van der Waals surface area contributed by atoms with Crippen molar-refractivity contribution >= 4 is 27.4 Å². The summed E-state index contributed by atoms with van der Waals surface area (Å²) in [4.78, 5) is 10.9. The molecule has 0 amide bonds. The van der Waals surface area contributed by atoms with E-state index in [1.54, 1.807) is 18.5 Å². The summed E-state index contributed by atoms with van der Waals surface area (Å²) in [6.45, 7) is 0.195. The number of aryl methyl sites for hydroxylation is 1. The summed E-state index contributed by atoms with van der Waals surface area (Å²) < 4.78 is 25.8. The van der Waals surface area contributed by atoms with Crippen LogP contribution in [0.15, 0.2) is 41.6 Å². The van der Waals surface area contributed by atoms with Crippen LogP contribution in [0.3, 0.4) is 0 Å². The Labute approximate surface area is 120 Å². The molecule has 1 aromatic carbocycles. The number of nitrogens with zero attached hydrogens (tertiary/aromatic N) is 2. The molecule has 6 nitrogen and oxygen atoms in total. The second-order valence-corrected chi connectivity index (χ2v) is 6.55. The summed E-state index contributed by atoms with van der Waals surface area (Å²) >= 11 is 5.71. The molecule has 0 atom stereocenters. The molecule has 8 heteroatoms. The highest BCUT2D eigenvalue weighted by Crippen LogP contribution is 2.21. The van der Waals surface area contributed by atoms with Gasteiger partial charge in [0.2, 0.25) is 0 Å². The highest BCUT2D eigenvalue weighted by molar-refractivity contribution is 7.91. The summed E-state index contributed by atoms with van der Waals surface area (Å²) in [6.07, 6.45) is 3.21. The number of aromatic carboxylic acids is 1. The van der Waals surface area contributed by atoms with E-state index in [1.165, 1.54) is 16.8 Å². The molecule has 2 aromatic rings. The van der Waals surface area contributed by atoms with Crippen LogP contribution in [0.25, 0.3) is 0 Å². The first-order chi connectivity index (χ1) is 9.40. The molecule has 0 aliphatic rings. The Morgan fingerprint density at radius 1 is 1.40 bits per heavy atom. The fourth-order valence-electron chi connectivity index (χ4n) is 1.63. The molecule has 1 heterocycles. The van der Waals surface area contributed by atoms with Gasteiger partial charge in [-0.3, -0.25) is 4.68 Å². The van der Waals surface area contributed by atoms with E-state index in [0.29, 0.717) is 0 Å². The maximum atomic E-state index is 12.1. The number of halogens is 1. The van der Waals surface area contributed by atoms with Gasteiger partial charge in [0, 0.05) is 12.4 Å². The van der Waals surface area contributed by atoms with Crippen LogP contribution in [-0.4, -0.2) is 35.0 Å². The maximum Gasteiger partial charge on any atom is 0.337 e. The maximum absolute atomic E-state index is 12.1. The van der Waals surface area contributed by atoms with Gasteiger partial charge in [0.25, 0.3) is 0 Å². The molecule has 0 aliphatic carbocycles. The minimum atomic E-state index is -3.59. The molecule has 2 rings (SSSR count). The summed E-state index contributed by atoms with van der Waals surface area (Å²) in [5.74, 6) is -1.44. The van der Waals surface area contributed by atoms with Gasteiger partial charge in [0.05, 0.1) is 27.8 Å². The van der Waals surface area contributed by atoms with Gasteiger partial charge < -0.3 is 5.11 Å². The van der Waals surface area contributed by atoms with Crippen molar-refractivity contribution in [2.24, 2.45) is 0 Å². The number of hydrogen-bond acceptors (Lipinski definition) is 4. The van der Waals surface area contributed by atoms with E-state index in [4.69, 9.17) is 16.7 Å². The fourth-order valence-corrected chi connectivity index (χ4v) is 3.06. The van der Waals surface area contributed by atoms with Gasteiger partial charge >= 0.3 is 5.97 Å². The third kappa shape index (κ3) is 3.17. The third-order valence-electron chi connectivity index (χ3n) is 2.68. The number of carboxylic acids is 1. The van der Waals surface area contributed by atoms with Crippen molar-refractivity contribution in [1.82, 2.24) is 9.78 Å². The number of rotatable bonds is 5. The van der Waals surface area contributed by atoms with Gasteiger partial charge in [-0.05, 0) is 24.3 Å². The van der Waals surface area contributed by atoms with Crippen LogP contribution in [0.5, 0.6) is 0 Å².